The summed E-state index contributed by atoms with van der Waals surface area (Å²) in [6.07, 6.45) is 10.2. The van der Waals surface area contributed by atoms with E-state index in [1.54, 1.807) is 13.8 Å². The molecule has 5 rings (SSSR count). The van der Waals surface area contributed by atoms with Gasteiger partial charge in [-0.05, 0) is 111 Å². The fourth-order valence-electron chi connectivity index (χ4n) is 12.2. The molecular weight excluding hydrogens is 488 g/mol. The third-order valence-corrected chi connectivity index (χ3v) is 14.1. The number of esters is 1. The van der Waals surface area contributed by atoms with Crippen LogP contribution in [-0.4, -0.2) is 36.9 Å². The van der Waals surface area contributed by atoms with Gasteiger partial charge < -0.3 is 15.8 Å². The van der Waals surface area contributed by atoms with Gasteiger partial charge in [-0.25, -0.2) is 0 Å². The summed E-state index contributed by atoms with van der Waals surface area (Å²) < 4.78 is 5.89. The van der Waals surface area contributed by atoms with Crippen LogP contribution in [0.2, 0.25) is 0 Å². The normalized spacial score (nSPS) is 48.1. The van der Waals surface area contributed by atoms with Crippen molar-refractivity contribution >= 4 is 17.7 Å². The first-order valence-corrected chi connectivity index (χ1v) is 15.8. The lowest BCUT2D eigenvalue weighted by Gasteiger charge is -2.72. The van der Waals surface area contributed by atoms with Gasteiger partial charge in [0.1, 0.15) is 11.9 Å². The maximum Gasteiger partial charge on any atom is 0.302 e. The van der Waals surface area contributed by atoms with Gasteiger partial charge in [0.05, 0.1) is 5.41 Å². The average molecular weight is 543 g/mol. The zero-order chi connectivity index (χ0) is 28.6. The molecule has 0 aliphatic heterocycles. The summed E-state index contributed by atoms with van der Waals surface area (Å²) in [5, 5.41) is 3.16. The second kappa shape index (κ2) is 9.56. The molecule has 10 atom stereocenters. The van der Waals surface area contributed by atoms with Crippen LogP contribution in [0.1, 0.15) is 113 Å². The highest BCUT2D eigenvalue weighted by atomic mass is 16.5. The van der Waals surface area contributed by atoms with Crippen molar-refractivity contribution < 1.29 is 19.1 Å². The van der Waals surface area contributed by atoms with E-state index in [9.17, 15) is 14.4 Å². The molecule has 6 heteroatoms. The molecule has 6 nitrogen and oxygen atoms in total. The van der Waals surface area contributed by atoms with Crippen molar-refractivity contribution in [2.24, 2.45) is 62.4 Å². The molecule has 0 bridgehead atoms. The van der Waals surface area contributed by atoms with Gasteiger partial charge in [-0.3, -0.25) is 14.4 Å². The van der Waals surface area contributed by atoms with Crippen LogP contribution in [0.15, 0.2) is 0 Å². The molecule has 0 aromatic carbocycles. The Morgan fingerprint density at radius 1 is 0.821 bits per heavy atom. The number of hydrogen-bond acceptors (Lipinski definition) is 5. The van der Waals surface area contributed by atoms with Gasteiger partial charge in [0.15, 0.2) is 0 Å². The maximum atomic E-state index is 13.8. The van der Waals surface area contributed by atoms with E-state index in [1.807, 2.05) is 0 Å². The fourth-order valence-corrected chi connectivity index (χ4v) is 12.2. The SMILES string of the molecule is CC(=O)O[C@H]1CC[C@]2(C)[C@H]3CC[C@@H]4[C@H]5[C@H](C(C)=O)CC[C@]5(C(=O)NCCN)CC[C@@]4(C)[C@]3(C)CC[C@H]2C1(C)C. The predicted octanol–water partition coefficient (Wildman–Crippen LogP) is 5.66. The number of nitrogens with one attached hydrogen (secondary N) is 1. The molecule has 5 saturated carbocycles. The molecule has 0 aromatic heterocycles. The summed E-state index contributed by atoms with van der Waals surface area (Å²) in [6.45, 7) is 16.6. The minimum Gasteiger partial charge on any atom is -0.462 e. The first-order chi connectivity index (χ1) is 18.2. The van der Waals surface area contributed by atoms with Gasteiger partial charge in [0.2, 0.25) is 5.91 Å². The van der Waals surface area contributed by atoms with E-state index in [0.29, 0.717) is 30.8 Å². The molecule has 5 fully saturated rings. The molecule has 39 heavy (non-hydrogen) atoms. The van der Waals surface area contributed by atoms with Gasteiger partial charge in [0, 0.05) is 31.3 Å². The quantitative estimate of drug-likeness (QED) is 0.437. The minimum atomic E-state index is -0.427. The molecular formula is C33H54N2O4. The Bertz CT molecular complexity index is 1030. The number of Topliss-reactive ketones (excluding diaryl/α,β-unsaturated/α-hetero) is 1. The van der Waals surface area contributed by atoms with E-state index in [4.69, 9.17) is 10.5 Å². The summed E-state index contributed by atoms with van der Waals surface area (Å²) in [7, 11) is 0. The van der Waals surface area contributed by atoms with Gasteiger partial charge in [-0.15, -0.1) is 0 Å². The number of rotatable bonds is 5. The van der Waals surface area contributed by atoms with Crippen LogP contribution in [0.3, 0.4) is 0 Å². The zero-order valence-corrected chi connectivity index (χ0v) is 25.7. The summed E-state index contributed by atoms with van der Waals surface area (Å²) in [5.41, 5.74) is 5.74. The first-order valence-electron chi connectivity index (χ1n) is 15.8. The Balaban J connectivity index is 1.50. The van der Waals surface area contributed by atoms with Crippen LogP contribution in [0.25, 0.3) is 0 Å². The standard InChI is InChI=1S/C33H54N2O4/c1-20(36)22-10-15-33(28(38)35-19-18-34)17-16-31(6)23(27(22)33)8-9-25-30(5)13-12-26(39-21(2)37)29(3,4)24(30)11-14-32(25,31)7/h22-27H,8-19,34H2,1-7H3,(H,35,38)/t22-,23+,24-,25+,26-,27+,30-,31+,32+,33-/m0/s1. The number of hydrogen-bond donors (Lipinski definition) is 2. The van der Waals surface area contributed by atoms with Crippen molar-refractivity contribution in [3.05, 3.63) is 0 Å². The molecule has 0 heterocycles. The van der Waals surface area contributed by atoms with Crippen molar-refractivity contribution in [3.8, 4) is 0 Å². The predicted molar refractivity (Wildman–Crippen MR) is 152 cm³/mol. The Kier molecular flexibility index (Phi) is 7.13. The molecule has 5 aliphatic rings. The zero-order valence-electron chi connectivity index (χ0n) is 25.7. The second-order valence-electron chi connectivity index (χ2n) is 15.6. The summed E-state index contributed by atoms with van der Waals surface area (Å²) in [4.78, 5) is 38.8. The molecule has 3 N–H and O–H groups in total. The fraction of sp³-hybridized carbons (Fsp3) is 0.909. The molecule has 0 aromatic rings. The highest BCUT2D eigenvalue weighted by Crippen LogP contribution is 2.77. The number of ether oxygens (including phenoxy) is 1. The molecule has 5 aliphatic carbocycles. The lowest BCUT2D eigenvalue weighted by molar-refractivity contribution is -0.249. The molecule has 0 unspecified atom stereocenters. The number of amides is 1. The van der Waals surface area contributed by atoms with Crippen molar-refractivity contribution in [1.82, 2.24) is 5.32 Å². The minimum absolute atomic E-state index is 0.0107. The Morgan fingerprint density at radius 3 is 2.18 bits per heavy atom. The average Bonchev–Trinajstić information content (AvgIpc) is 3.26. The summed E-state index contributed by atoms with van der Waals surface area (Å²) >= 11 is 0. The monoisotopic (exact) mass is 542 g/mol. The van der Waals surface area contributed by atoms with E-state index in [0.717, 1.165) is 51.4 Å². The smallest absolute Gasteiger partial charge is 0.302 e. The van der Waals surface area contributed by atoms with Crippen molar-refractivity contribution in [2.45, 2.75) is 119 Å². The Morgan fingerprint density at radius 2 is 1.54 bits per heavy atom. The van der Waals surface area contributed by atoms with Crippen molar-refractivity contribution in [2.75, 3.05) is 13.1 Å². The van der Waals surface area contributed by atoms with E-state index >= 15 is 0 Å². The largest absolute Gasteiger partial charge is 0.462 e. The van der Waals surface area contributed by atoms with E-state index in [1.165, 1.54) is 12.8 Å². The van der Waals surface area contributed by atoms with E-state index in [-0.39, 0.29) is 57.3 Å². The van der Waals surface area contributed by atoms with Gasteiger partial charge in [-0.1, -0.05) is 34.6 Å². The van der Waals surface area contributed by atoms with Crippen LogP contribution in [-0.2, 0) is 19.1 Å². The molecule has 0 radical (unpaired) electrons. The van der Waals surface area contributed by atoms with Crippen LogP contribution < -0.4 is 11.1 Å². The summed E-state index contributed by atoms with van der Waals surface area (Å²) in [5.74, 6) is 1.87. The number of nitrogens with two attached hydrogens (primary N) is 1. The van der Waals surface area contributed by atoms with Crippen LogP contribution in [0.4, 0.5) is 0 Å². The van der Waals surface area contributed by atoms with Crippen LogP contribution in [0, 0.1) is 56.7 Å². The Hall–Kier alpha value is -1.43. The summed E-state index contributed by atoms with van der Waals surface area (Å²) in [6, 6.07) is 0. The van der Waals surface area contributed by atoms with E-state index in [2.05, 4.69) is 39.9 Å². The number of carbonyl (C=O) groups is 3. The van der Waals surface area contributed by atoms with Crippen LogP contribution in [0.5, 0.6) is 0 Å². The number of fused-ring (bicyclic) bond motifs is 7. The van der Waals surface area contributed by atoms with Crippen molar-refractivity contribution in [3.63, 3.8) is 0 Å². The first kappa shape index (κ1) is 29.1. The molecule has 0 saturated heterocycles. The van der Waals surface area contributed by atoms with Gasteiger partial charge in [-0.2, -0.15) is 0 Å². The molecule has 0 spiro atoms. The molecule has 220 valence electrons. The highest BCUT2D eigenvalue weighted by Gasteiger charge is 2.72. The lowest BCUT2D eigenvalue weighted by Crippen LogP contribution is -2.67. The number of carbonyl (C=O) groups excluding carboxylic acids is 3. The number of ketones is 1. The maximum absolute atomic E-state index is 13.8. The van der Waals surface area contributed by atoms with Gasteiger partial charge >= 0.3 is 5.97 Å². The van der Waals surface area contributed by atoms with Crippen molar-refractivity contribution in [1.29, 1.82) is 0 Å². The molecule has 1 amide bonds. The third-order valence-electron chi connectivity index (χ3n) is 14.1. The van der Waals surface area contributed by atoms with Gasteiger partial charge in [0.25, 0.3) is 0 Å². The van der Waals surface area contributed by atoms with E-state index < -0.39 is 5.41 Å². The Labute approximate surface area is 236 Å². The lowest BCUT2D eigenvalue weighted by atomic mass is 9.32. The third kappa shape index (κ3) is 3.92. The second-order valence-corrected chi connectivity index (χ2v) is 15.6. The topological polar surface area (TPSA) is 98.5 Å². The van der Waals surface area contributed by atoms with Crippen LogP contribution >= 0.6 is 0 Å². The highest BCUT2D eigenvalue weighted by molar-refractivity contribution is 5.87.